The lowest BCUT2D eigenvalue weighted by atomic mass is 10.0. The van der Waals surface area contributed by atoms with Crippen molar-refractivity contribution in [3.05, 3.63) is 71.3 Å². The van der Waals surface area contributed by atoms with E-state index in [1.807, 2.05) is 56.3 Å². The molecule has 0 aromatic heterocycles. The third-order valence-electron chi connectivity index (χ3n) is 3.22. The number of rotatable bonds is 3. The molecule has 2 nitrogen and oxygen atoms in total. The van der Waals surface area contributed by atoms with Gasteiger partial charge in [0.2, 0.25) is 6.29 Å². The van der Waals surface area contributed by atoms with Crippen molar-refractivity contribution < 1.29 is 9.47 Å². The van der Waals surface area contributed by atoms with Crippen LogP contribution in [0, 0.1) is 0 Å². The highest BCUT2D eigenvalue weighted by atomic mass is 16.7. The van der Waals surface area contributed by atoms with E-state index in [2.05, 4.69) is 18.2 Å². The van der Waals surface area contributed by atoms with Crippen molar-refractivity contribution in [2.45, 2.75) is 26.2 Å². The van der Waals surface area contributed by atoms with Gasteiger partial charge in [-0.25, -0.2) is 0 Å². The topological polar surface area (TPSA) is 18.5 Å². The third kappa shape index (κ3) is 2.61. The molecule has 102 valence electrons. The predicted octanol–water partition coefficient (Wildman–Crippen LogP) is 4.64. The maximum absolute atomic E-state index is 6.05. The number of hydrogen-bond donors (Lipinski definition) is 0. The van der Waals surface area contributed by atoms with Gasteiger partial charge < -0.3 is 9.47 Å². The highest BCUT2D eigenvalue weighted by molar-refractivity contribution is 5.80. The van der Waals surface area contributed by atoms with Gasteiger partial charge in [-0.1, -0.05) is 54.6 Å². The molecule has 1 unspecified atom stereocenters. The van der Waals surface area contributed by atoms with Gasteiger partial charge in [0.25, 0.3) is 0 Å². The van der Waals surface area contributed by atoms with Crippen molar-refractivity contribution in [1.29, 1.82) is 0 Å². The summed E-state index contributed by atoms with van der Waals surface area (Å²) in [6.45, 7) is 4.04. The molecule has 0 N–H and O–H groups in total. The lowest BCUT2D eigenvalue weighted by Gasteiger charge is -2.28. The Morgan fingerprint density at radius 3 is 2.40 bits per heavy atom. The molecule has 0 aliphatic carbocycles. The Bertz CT molecular complexity index is 614. The van der Waals surface area contributed by atoms with Crippen LogP contribution in [-0.2, 0) is 9.47 Å². The van der Waals surface area contributed by atoms with Crippen molar-refractivity contribution in [3.63, 3.8) is 0 Å². The van der Waals surface area contributed by atoms with Gasteiger partial charge >= 0.3 is 0 Å². The number of ether oxygens (including phenoxy) is 2. The van der Waals surface area contributed by atoms with Crippen LogP contribution < -0.4 is 0 Å². The van der Waals surface area contributed by atoms with E-state index in [1.165, 1.54) is 0 Å². The zero-order valence-corrected chi connectivity index (χ0v) is 11.7. The largest absolute Gasteiger partial charge is 0.460 e. The summed E-state index contributed by atoms with van der Waals surface area (Å²) >= 11 is 0. The molecule has 3 rings (SSSR count). The standard InChI is InChI=1S/C18H18O2/c1-13(2)19-18-16-11-7-6-10-15(16)12-17(20-18)14-8-4-3-5-9-14/h3-13,18H,1-2H3. The average Bonchev–Trinajstić information content (AvgIpc) is 2.47. The maximum atomic E-state index is 6.05. The van der Waals surface area contributed by atoms with Crippen LogP contribution in [0.4, 0.5) is 0 Å². The van der Waals surface area contributed by atoms with E-state index in [1.54, 1.807) is 0 Å². The van der Waals surface area contributed by atoms with Crippen molar-refractivity contribution in [2.24, 2.45) is 0 Å². The summed E-state index contributed by atoms with van der Waals surface area (Å²) < 4.78 is 12.0. The van der Waals surface area contributed by atoms with Gasteiger partial charge in [0.1, 0.15) is 5.76 Å². The van der Waals surface area contributed by atoms with Gasteiger partial charge in [0.05, 0.1) is 6.10 Å². The lowest BCUT2D eigenvalue weighted by molar-refractivity contribution is -0.127. The Hall–Kier alpha value is -2.06. The quantitative estimate of drug-likeness (QED) is 0.805. The summed E-state index contributed by atoms with van der Waals surface area (Å²) in [4.78, 5) is 0. The molecule has 0 saturated carbocycles. The van der Waals surface area contributed by atoms with E-state index in [4.69, 9.17) is 9.47 Å². The van der Waals surface area contributed by atoms with Crippen molar-refractivity contribution >= 4 is 11.8 Å². The predicted molar refractivity (Wildman–Crippen MR) is 80.8 cm³/mol. The van der Waals surface area contributed by atoms with Crippen LogP contribution in [0.5, 0.6) is 0 Å². The normalized spacial score (nSPS) is 17.4. The molecular formula is C18H18O2. The van der Waals surface area contributed by atoms with Gasteiger partial charge in [0.15, 0.2) is 0 Å². The fourth-order valence-electron chi connectivity index (χ4n) is 2.31. The van der Waals surface area contributed by atoms with Crippen LogP contribution in [-0.4, -0.2) is 6.10 Å². The SMILES string of the molecule is CC(C)OC1OC(c2ccccc2)=Cc2ccccc21. The molecule has 0 spiro atoms. The third-order valence-corrected chi connectivity index (χ3v) is 3.22. The zero-order chi connectivity index (χ0) is 13.9. The lowest BCUT2D eigenvalue weighted by Crippen LogP contribution is -2.17. The smallest absolute Gasteiger partial charge is 0.227 e. The fraction of sp³-hybridized carbons (Fsp3) is 0.222. The summed E-state index contributed by atoms with van der Waals surface area (Å²) in [5.74, 6) is 0.856. The van der Waals surface area contributed by atoms with Crippen LogP contribution in [0.15, 0.2) is 54.6 Å². The summed E-state index contributed by atoms with van der Waals surface area (Å²) in [7, 11) is 0. The molecular weight excluding hydrogens is 248 g/mol. The highest BCUT2D eigenvalue weighted by Crippen LogP contribution is 2.36. The Morgan fingerprint density at radius 2 is 1.65 bits per heavy atom. The van der Waals surface area contributed by atoms with Gasteiger partial charge in [-0.2, -0.15) is 0 Å². The van der Waals surface area contributed by atoms with Gasteiger partial charge in [-0.3, -0.25) is 0 Å². The van der Waals surface area contributed by atoms with Crippen molar-refractivity contribution in [2.75, 3.05) is 0 Å². The Balaban J connectivity index is 2.01. The van der Waals surface area contributed by atoms with Crippen LogP contribution in [0.25, 0.3) is 11.8 Å². The summed E-state index contributed by atoms with van der Waals surface area (Å²) in [5, 5.41) is 0. The Labute approximate surface area is 119 Å². The molecule has 0 amide bonds. The van der Waals surface area contributed by atoms with Gasteiger partial charge in [-0.15, -0.1) is 0 Å². The molecule has 0 bridgehead atoms. The Morgan fingerprint density at radius 1 is 0.950 bits per heavy atom. The first-order chi connectivity index (χ1) is 9.74. The second kappa shape index (κ2) is 5.51. The van der Waals surface area contributed by atoms with E-state index >= 15 is 0 Å². The van der Waals surface area contributed by atoms with Crippen molar-refractivity contribution in [3.8, 4) is 0 Å². The highest BCUT2D eigenvalue weighted by Gasteiger charge is 2.24. The van der Waals surface area contributed by atoms with Crippen LogP contribution in [0.3, 0.4) is 0 Å². The van der Waals surface area contributed by atoms with Crippen LogP contribution in [0.1, 0.15) is 36.8 Å². The summed E-state index contributed by atoms with van der Waals surface area (Å²) in [5.41, 5.74) is 3.31. The molecule has 1 heterocycles. The number of fused-ring (bicyclic) bond motifs is 1. The molecule has 2 aromatic rings. The molecule has 0 saturated heterocycles. The second-order valence-electron chi connectivity index (χ2n) is 5.14. The Kier molecular flexibility index (Phi) is 3.57. The molecule has 1 atom stereocenters. The van der Waals surface area contributed by atoms with Gasteiger partial charge in [0, 0.05) is 11.1 Å². The molecule has 0 fully saturated rings. The van der Waals surface area contributed by atoms with E-state index in [0.29, 0.717) is 0 Å². The number of benzene rings is 2. The first-order valence-corrected chi connectivity index (χ1v) is 6.92. The van der Waals surface area contributed by atoms with Crippen LogP contribution >= 0.6 is 0 Å². The minimum Gasteiger partial charge on any atom is -0.460 e. The molecule has 0 radical (unpaired) electrons. The molecule has 1 aliphatic rings. The van der Waals surface area contributed by atoms with Crippen molar-refractivity contribution in [1.82, 2.24) is 0 Å². The van der Waals surface area contributed by atoms with E-state index in [-0.39, 0.29) is 12.4 Å². The second-order valence-corrected chi connectivity index (χ2v) is 5.14. The number of hydrogen-bond acceptors (Lipinski definition) is 2. The van der Waals surface area contributed by atoms with E-state index in [0.717, 1.165) is 22.4 Å². The average molecular weight is 266 g/mol. The monoisotopic (exact) mass is 266 g/mol. The molecule has 20 heavy (non-hydrogen) atoms. The summed E-state index contributed by atoms with van der Waals surface area (Å²) in [6.07, 6.45) is 1.85. The van der Waals surface area contributed by atoms with Gasteiger partial charge in [-0.05, 0) is 25.5 Å². The molecule has 1 aliphatic heterocycles. The fourth-order valence-corrected chi connectivity index (χ4v) is 2.31. The molecule has 2 heteroatoms. The van der Waals surface area contributed by atoms with Crippen LogP contribution in [0.2, 0.25) is 0 Å². The first-order valence-electron chi connectivity index (χ1n) is 6.92. The minimum absolute atomic E-state index is 0.114. The minimum atomic E-state index is -0.341. The van der Waals surface area contributed by atoms with E-state index in [9.17, 15) is 0 Å². The molecule has 2 aromatic carbocycles. The first kappa shape index (κ1) is 12.9. The summed E-state index contributed by atoms with van der Waals surface area (Å²) in [6, 6.07) is 18.3. The van der Waals surface area contributed by atoms with E-state index < -0.39 is 0 Å². The maximum Gasteiger partial charge on any atom is 0.227 e. The zero-order valence-electron chi connectivity index (χ0n) is 11.7.